The standard InChI is InChI=1S/C13H17N3O/c1-16-7-3-4-12(16)10-14-9-11-5-6-15-13(8-11)17-2/h3-8,14H,9-10H2,1-2H3. The lowest BCUT2D eigenvalue weighted by Crippen LogP contribution is -2.14. The Morgan fingerprint density at radius 1 is 1.35 bits per heavy atom. The maximum atomic E-state index is 5.08. The molecule has 90 valence electrons. The zero-order chi connectivity index (χ0) is 12.1. The smallest absolute Gasteiger partial charge is 0.213 e. The molecule has 0 bridgehead atoms. The minimum absolute atomic E-state index is 0.656. The molecule has 0 saturated heterocycles. The number of pyridine rings is 1. The number of ether oxygens (including phenoxy) is 1. The van der Waals surface area contributed by atoms with Crippen LogP contribution in [0, 0.1) is 0 Å². The normalized spacial score (nSPS) is 10.5. The van der Waals surface area contributed by atoms with Crippen LogP contribution in [0.2, 0.25) is 0 Å². The van der Waals surface area contributed by atoms with E-state index < -0.39 is 0 Å². The molecule has 2 aromatic rings. The zero-order valence-electron chi connectivity index (χ0n) is 10.2. The molecule has 0 atom stereocenters. The molecule has 0 amide bonds. The van der Waals surface area contributed by atoms with Gasteiger partial charge in [-0.1, -0.05) is 0 Å². The van der Waals surface area contributed by atoms with Crippen molar-refractivity contribution < 1.29 is 4.74 Å². The lowest BCUT2D eigenvalue weighted by atomic mass is 10.2. The van der Waals surface area contributed by atoms with E-state index in [1.165, 1.54) is 11.3 Å². The maximum absolute atomic E-state index is 5.08. The van der Waals surface area contributed by atoms with Crippen LogP contribution in [-0.2, 0) is 20.1 Å². The van der Waals surface area contributed by atoms with Crippen molar-refractivity contribution in [3.05, 3.63) is 47.9 Å². The lowest BCUT2D eigenvalue weighted by Gasteiger charge is -2.07. The number of hydrogen-bond acceptors (Lipinski definition) is 3. The van der Waals surface area contributed by atoms with Gasteiger partial charge in [0.05, 0.1) is 7.11 Å². The van der Waals surface area contributed by atoms with Crippen molar-refractivity contribution in [1.82, 2.24) is 14.9 Å². The maximum Gasteiger partial charge on any atom is 0.213 e. The number of nitrogens with zero attached hydrogens (tertiary/aromatic N) is 2. The van der Waals surface area contributed by atoms with E-state index in [1.54, 1.807) is 13.3 Å². The fourth-order valence-electron chi connectivity index (χ4n) is 1.69. The molecule has 2 heterocycles. The van der Waals surface area contributed by atoms with Crippen molar-refractivity contribution in [1.29, 1.82) is 0 Å². The van der Waals surface area contributed by atoms with Crippen molar-refractivity contribution in [3.8, 4) is 5.88 Å². The van der Waals surface area contributed by atoms with E-state index in [1.807, 2.05) is 31.4 Å². The number of aryl methyl sites for hydroxylation is 1. The Balaban J connectivity index is 1.87. The number of nitrogens with one attached hydrogen (secondary N) is 1. The minimum Gasteiger partial charge on any atom is -0.481 e. The number of rotatable bonds is 5. The molecule has 0 radical (unpaired) electrons. The largest absolute Gasteiger partial charge is 0.481 e. The third-order valence-electron chi connectivity index (χ3n) is 2.69. The molecule has 0 spiro atoms. The van der Waals surface area contributed by atoms with Crippen molar-refractivity contribution in [2.75, 3.05) is 7.11 Å². The van der Waals surface area contributed by atoms with Gasteiger partial charge in [-0.15, -0.1) is 0 Å². The second-order valence-corrected chi connectivity index (χ2v) is 3.92. The van der Waals surface area contributed by atoms with Gasteiger partial charge in [-0.3, -0.25) is 0 Å². The van der Waals surface area contributed by atoms with Crippen molar-refractivity contribution in [2.24, 2.45) is 7.05 Å². The number of aromatic nitrogens is 2. The van der Waals surface area contributed by atoms with Crippen LogP contribution in [0.15, 0.2) is 36.7 Å². The van der Waals surface area contributed by atoms with Gasteiger partial charge >= 0.3 is 0 Å². The molecular formula is C13H17N3O. The second-order valence-electron chi connectivity index (χ2n) is 3.92. The molecule has 4 nitrogen and oxygen atoms in total. The summed E-state index contributed by atoms with van der Waals surface area (Å²) in [7, 11) is 3.68. The summed E-state index contributed by atoms with van der Waals surface area (Å²) in [5.41, 5.74) is 2.44. The average molecular weight is 231 g/mol. The first kappa shape index (κ1) is 11.7. The summed E-state index contributed by atoms with van der Waals surface area (Å²) in [5.74, 6) is 0.656. The molecule has 0 fully saturated rings. The molecule has 2 rings (SSSR count). The predicted molar refractivity (Wildman–Crippen MR) is 66.7 cm³/mol. The van der Waals surface area contributed by atoms with E-state index in [0.717, 1.165) is 13.1 Å². The Kier molecular flexibility index (Phi) is 3.77. The van der Waals surface area contributed by atoms with Gasteiger partial charge in [-0.05, 0) is 23.8 Å². The Hall–Kier alpha value is -1.81. The Morgan fingerprint density at radius 3 is 2.94 bits per heavy atom. The van der Waals surface area contributed by atoms with E-state index in [9.17, 15) is 0 Å². The lowest BCUT2D eigenvalue weighted by molar-refractivity contribution is 0.397. The molecule has 2 aromatic heterocycles. The van der Waals surface area contributed by atoms with Crippen molar-refractivity contribution in [3.63, 3.8) is 0 Å². The number of methoxy groups -OCH3 is 1. The quantitative estimate of drug-likeness (QED) is 0.851. The highest BCUT2D eigenvalue weighted by Gasteiger charge is 1.99. The van der Waals surface area contributed by atoms with Crippen LogP contribution in [0.25, 0.3) is 0 Å². The molecular weight excluding hydrogens is 214 g/mol. The topological polar surface area (TPSA) is 39.1 Å². The van der Waals surface area contributed by atoms with E-state index >= 15 is 0 Å². The molecule has 0 saturated carbocycles. The fraction of sp³-hybridized carbons (Fsp3) is 0.308. The summed E-state index contributed by atoms with van der Waals surface area (Å²) < 4.78 is 7.19. The molecule has 4 heteroatoms. The summed E-state index contributed by atoms with van der Waals surface area (Å²) in [6.07, 6.45) is 3.81. The van der Waals surface area contributed by atoms with Gasteiger partial charge in [0.2, 0.25) is 5.88 Å². The third-order valence-corrected chi connectivity index (χ3v) is 2.69. The molecule has 17 heavy (non-hydrogen) atoms. The second kappa shape index (κ2) is 5.50. The third kappa shape index (κ3) is 3.07. The summed E-state index contributed by atoms with van der Waals surface area (Å²) >= 11 is 0. The SMILES string of the molecule is COc1cc(CNCc2cccn2C)ccn1. The summed E-state index contributed by atoms with van der Waals surface area (Å²) in [6.45, 7) is 1.66. The highest BCUT2D eigenvalue weighted by molar-refractivity contribution is 5.20. The van der Waals surface area contributed by atoms with Gasteiger partial charge in [0, 0.05) is 44.3 Å². The molecule has 0 aliphatic carbocycles. The van der Waals surface area contributed by atoms with Crippen LogP contribution in [0.4, 0.5) is 0 Å². The first-order chi connectivity index (χ1) is 8.29. The Bertz CT molecular complexity index is 479. The Labute approximate surface area is 101 Å². The summed E-state index contributed by atoms with van der Waals surface area (Å²) in [6, 6.07) is 8.09. The van der Waals surface area contributed by atoms with Gasteiger partial charge in [0.15, 0.2) is 0 Å². The van der Waals surface area contributed by atoms with E-state index in [-0.39, 0.29) is 0 Å². The number of hydrogen-bond donors (Lipinski definition) is 1. The van der Waals surface area contributed by atoms with Crippen LogP contribution in [0.1, 0.15) is 11.3 Å². The average Bonchev–Trinajstić information content (AvgIpc) is 2.76. The van der Waals surface area contributed by atoms with Gasteiger partial charge < -0.3 is 14.6 Å². The molecule has 0 aromatic carbocycles. The predicted octanol–water partition coefficient (Wildman–Crippen LogP) is 1.72. The van der Waals surface area contributed by atoms with Crippen LogP contribution >= 0.6 is 0 Å². The monoisotopic (exact) mass is 231 g/mol. The van der Waals surface area contributed by atoms with Crippen LogP contribution < -0.4 is 10.1 Å². The van der Waals surface area contributed by atoms with Crippen molar-refractivity contribution >= 4 is 0 Å². The zero-order valence-corrected chi connectivity index (χ0v) is 10.2. The molecule has 0 aliphatic heterocycles. The van der Waals surface area contributed by atoms with E-state index in [2.05, 4.69) is 20.9 Å². The molecule has 1 N–H and O–H groups in total. The summed E-state index contributed by atoms with van der Waals surface area (Å²) in [4.78, 5) is 4.08. The van der Waals surface area contributed by atoms with Gasteiger partial charge in [-0.25, -0.2) is 4.98 Å². The van der Waals surface area contributed by atoms with Crippen LogP contribution in [0.5, 0.6) is 5.88 Å². The van der Waals surface area contributed by atoms with Crippen LogP contribution in [-0.4, -0.2) is 16.7 Å². The molecule has 0 unspecified atom stereocenters. The highest BCUT2D eigenvalue weighted by atomic mass is 16.5. The van der Waals surface area contributed by atoms with Crippen LogP contribution in [0.3, 0.4) is 0 Å². The molecule has 0 aliphatic rings. The first-order valence-corrected chi connectivity index (χ1v) is 5.59. The Morgan fingerprint density at radius 2 is 2.24 bits per heavy atom. The first-order valence-electron chi connectivity index (χ1n) is 5.59. The summed E-state index contributed by atoms with van der Waals surface area (Å²) in [5, 5.41) is 3.39. The van der Waals surface area contributed by atoms with Gasteiger partial charge in [0.25, 0.3) is 0 Å². The van der Waals surface area contributed by atoms with Gasteiger partial charge in [-0.2, -0.15) is 0 Å². The van der Waals surface area contributed by atoms with E-state index in [0.29, 0.717) is 5.88 Å². The highest BCUT2D eigenvalue weighted by Crippen LogP contribution is 2.08. The minimum atomic E-state index is 0.656. The fourth-order valence-corrected chi connectivity index (χ4v) is 1.69. The van der Waals surface area contributed by atoms with E-state index in [4.69, 9.17) is 4.74 Å². The van der Waals surface area contributed by atoms with Gasteiger partial charge in [0.1, 0.15) is 0 Å². The van der Waals surface area contributed by atoms with Crippen molar-refractivity contribution in [2.45, 2.75) is 13.1 Å².